The second kappa shape index (κ2) is 12.7. The van der Waals surface area contributed by atoms with E-state index in [1.807, 2.05) is 0 Å². The highest BCUT2D eigenvalue weighted by Crippen LogP contribution is 2.38. The summed E-state index contributed by atoms with van der Waals surface area (Å²) >= 11 is 0. The lowest BCUT2D eigenvalue weighted by Gasteiger charge is -2.44. The van der Waals surface area contributed by atoms with Crippen molar-refractivity contribution in [2.24, 2.45) is 29.2 Å². The number of ether oxygens (including phenoxy) is 3. The standard InChI is InChI=1S/C28H60N2O3/c1-14-16-31-24(5,6)17-23(18-25(7,8)32-19-21(3)26(9,10)29)27(11,12)33-20-22(4)28(13,30)15-2/h21-23H,14-20,29-30H2,1-13H3. The highest BCUT2D eigenvalue weighted by Gasteiger charge is 2.40. The molecule has 0 aromatic heterocycles. The molecule has 0 saturated heterocycles. The van der Waals surface area contributed by atoms with E-state index in [9.17, 15) is 0 Å². The van der Waals surface area contributed by atoms with E-state index in [1.54, 1.807) is 0 Å². The predicted octanol–water partition coefficient (Wildman–Crippen LogP) is 6.32. The molecule has 0 rings (SSSR count). The zero-order valence-electron chi connectivity index (χ0n) is 24.6. The van der Waals surface area contributed by atoms with Crippen molar-refractivity contribution in [1.29, 1.82) is 0 Å². The van der Waals surface area contributed by atoms with Gasteiger partial charge in [0.2, 0.25) is 0 Å². The van der Waals surface area contributed by atoms with Gasteiger partial charge in [-0.05, 0) is 106 Å². The molecule has 0 aromatic rings. The number of hydrogen-bond acceptors (Lipinski definition) is 5. The first-order valence-electron chi connectivity index (χ1n) is 13.2. The van der Waals surface area contributed by atoms with Gasteiger partial charge in [-0.25, -0.2) is 0 Å². The van der Waals surface area contributed by atoms with Crippen molar-refractivity contribution in [2.45, 2.75) is 144 Å². The molecule has 0 aliphatic heterocycles. The summed E-state index contributed by atoms with van der Waals surface area (Å²) in [5, 5.41) is 0. The molecule has 0 aliphatic rings. The van der Waals surface area contributed by atoms with E-state index in [0.717, 1.165) is 32.3 Å². The molecule has 200 valence electrons. The third kappa shape index (κ3) is 12.4. The fourth-order valence-electron chi connectivity index (χ4n) is 3.81. The van der Waals surface area contributed by atoms with Gasteiger partial charge in [0.1, 0.15) is 0 Å². The Balaban J connectivity index is 5.57. The summed E-state index contributed by atoms with van der Waals surface area (Å²) < 4.78 is 19.3. The van der Waals surface area contributed by atoms with Crippen molar-refractivity contribution < 1.29 is 14.2 Å². The molecule has 0 fully saturated rings. The molecular formula is C28H60N2O3. The van der Waals surface area contributed by atoms with Gasteiger partial charge in [0, 0.05) is 17.7 Å². The Morgan fingerprint density at radius 3 is 1.55 bits per heavy atom. The van der Waals surface area contributed by atoms with Crippen LogP contribution in [0.25, 0.3) is 0 Å². The lowest BCUT2D eigenvalue weighted by molar-refractivity contribution is -0.136. The maximum Gasteiger partial charge on any atom is 0.0656 e. The van der Waals surface area contributed by atoms with Gasteiger partial charge in [-0.15, -0.1) is 0 Å². The smallest absolute Gasteiger partial charge is 0.0656 e. The van der Waals surface area contributed by atoms with E-state index in [-0.39, 0.29) is 45.6 Å². The molecule has 0 aromatic carbocycles. The van der Waals surface area contributed by atoms with Crippen molar-refractivity contribution in [3.05, 3.63) is 0 Å². The normalized spacial score (nSPS) is 18.6. The Hall–Kier alpha value is -0.200. The van der Waals surface area contributed by atoms with Crippen LogP contribution in [0.3, 0.4) is 0 Å². The molecule has 0 amide bonds. The average Bonchev–Trinajstić information content (AvgIpc) is 2.67. The van der Waals surface area contributed by atoms with Crippen LogP contribution in [0.2, 0.25) is 0 Å². The van der Waals surface area contributed by atoms with Gasteiger partial charge in [-0.1, -0.05) is 27.7 Å². The number of rotatable bonds is 17. The van der Waals surface area contributed by atoms with Crippen LogP contribution in [0.1, 0.15) is 116 Å². The van der Waals surface area contributed by atoms with Crippen LogP contribution in [0.15, 0.2) is 0 Å². The van der Waals surface area contributed by atoms with Gasteiger partial charge < -0.3 is 25.7 Å². The van der Waals surface area contributed by atoms with Crippen molar-refractivity contribution in [1.82, 2.24) is 0 Å². The zero-order chi connectivity index (χ0) is 26.3. The summed E-state index contributed by atoms with van der Waals surface area (Å²) in [5.74, 6) is 0.781. The van der Waals surface area contributed by atoms with Crippen molar-refractivity contribution in [2.75, 3.05) is 19.8 Å². The molecule has 4 unspecified atom stereocenters. The Morgan fingerprint density at radius 1 is 0.667 bits per heavy atom. The van der Waals surface area contributed by atoms with E-state index >= 15 is 0 Å². The van der Waals surface area contributed by atoms with Crippen LogP contribution in [-0.4, -0.2) is 47.7 Å². The first-order chi connectivity index (χ1) is 14.7. The Kier molecular flexibility index (Phi) is 12.6. The molecule has 0 spiro atoms. The van der Waals surface area contributed by atoms with Crippen LogP contribution < -0.4 is 11.5 Å². The number of nitrogens with two attached hydrogens (primary N) is 2. The molecule has 5 nitrogen and oxygen atoms in total. The SMILES string of the molecule is CCCOC(C)(C)CC(CC(C)(C)OCC(C)C(C)(C)N)C(C)(C)OCC(C)C(C)(N)CC. The van der Waals surface area contributed by atoms with Crippen LogP contribution in [-0.2, 0) is 14.2 Å². The molecule has 0 bridgehead atoms. The largest absolute Gasteiger partial charge is 0.376 e. The predicted molar refractivity (Wildman–Crippen MR) is 143 cm³/mol. The second-order valence-corrected chi connectivity index (χ2v) is 13.2. The monoisotopic (exact) mass is 472 g/mol. The fourth-order valence-corrected chi connectivity index (χ4v) is 3.81. The van der Waals surface area contributed by atoms with Gasteiger partial charge in [0.15, 0.2) is 0 Å². The molecular weight excluding hydrogens is 412 g/mol. The van der Waals surface area contributed by atoms with Gasteiger partial charge in [-0.2, -0.15) is 0 Å². The first kappa shape index (κ1) is 32.8. The molecule has 5 heteroatoms. The molecule has 0 heterocycles. The molecule has 0 aliphatic carbocycles. The fraction of sp³-hybridized carbons (Fsp3) is 1.00. The lowest BCUT2D eigenvalue weighted by Crippen LogP contribution is -2.48. The molecule has 0 saturated carbocycles. The van der Waals surface area contributed by atoms with E-state index in [4.69, 9.17) is 25.7 Å². The highest BCUT2D eigenvalue weighted by molar-refractivity contribution is 4.91. The van der Waals surface area contributed by atoms with Gasteiger partial charge in [0.05, 0.1) is 30.0 Å². The second-order valence-electron chi connectivity index (χ2n) is 13.2. The summed E-state index contributed by atoms with van der Waals surface area (Å²) in [6.07, 6.45) is 3.71. The van der Waals surface area contributed by atoms with E-state index in [1.165, 1.54) is 0 Å². The minimum Gasteiger partial charge on any atom is -0.376 e. The minimum absolute atomic E-state index is 0.234. The molecule has 4 atom stereocenters. The Morgan fingerprint density at radius 2 is 1.12 bits per heavy atom. The van der Waals surface area contributed by atoms with Crippen LogP contribution >= 0.6 is 0 Å². The van der Waals surface area contributed by atoms with Crippen LogP contribution in [0.4, 0.5) is 0 Å². The number of hydrogen-bond donors (Lipinski definition) is 2. The van der Waals surface area contributed by atoms with Gasteiger partial charge in [-0.3, -0.25) is 0 Å². The average molecular weight is 473 g/mol. The third-order valence-electron chi connectivity index (χ3n) is 7.74. The van der Waals surface area contributed by atoms with Crippen LogP contribution in [0, 0.1) is 17.8 Å². The van der Waals surface area contributed by atoms with Gasteiger partial charge in [0.25, 0.3) is 0 Å². The summed E-state index contributed by atoms with van der Waals surface area (Å²) in [4.78, 5) is 0. The summed E-state index contributed by atoms with van der Waals surface area (Å²) in [5.41, 5.74) is 11.4. The topological polar surface area (TPSA) is 79.7 Å². The zero-order valence-corrected chi connectivity index (χ0v) is 24.6. The quantitative estimate of drug-likeness (QED) is 0.259. The highest BCUT2D eigenvalue weighted by atomic mass is 16.5. The summed E-state index contributed by atoms with van der Waals surface area (Å²) in [6, 6.07) is 0. The molecule has 33 heavy (non-hydrogen) atoms. The maximum atomic E-state index is 6.61. The molecule has 4 N–H and O–H groups in total. The van der Waals surface area contributed by atoms with Crippen molar-refractivity contribution in [3.8, 4) is 0 Å². The maximum absolute atomic E-state index is 6.61. The summed E-state index contributed by atoms with van der Waals surface area (Å²) in [6.45, 7) is 30.1. The minimum atomic E-state index is -0.343. The third-order valence-corrected chi connectivity index (χ3v) is 7.74. The first-order valence-corrected chi connectivity index (χ1v) is 13.2. The van der Waals surface area contributed by atoms with E-state index in [0.29, 0.717) is 13.2 Å². The van der Waals surface area contributed by atoms with E-state index < -0.39 is 0 Å². The van der Waals surface area contributed by atoms with Crippen LogP contribution in [0.5, 0.6) is 0 Å². The van der Waals surface area contributed by atoms with Crippen molar-refractivity contribution in [3.63, 3.8) is 0 Å². The van der Waals surface area contributed by atoms with E-state index in [2.05, 4.69) is 90.0 Å². The van der Waals surface area contributed by atoms with Crippen molar-refractivity contribution >= 4 is 0 Å². The molecule has 0 radical (unpaired) electrons. The summed E-state index contributed by atoms with van der Waals surface area (Å²) in [7, 11) is 0. The Bertz CT molecular complexity index is 550. The Labute approximate surface area is 207 Å². The van der Waals surface area contributed by atoms with Gasteiger partial charge >= 0.3 is 0 Å². The lowest BCUT2D eigenvalue weighted by atomic mass is 9.76.